The van der Waals surface area contributed by atoms with Gasteiger partial charge < -0.3 is 29.1 Å². The first-order valence-electron chi connectivity index (χ1n) is 13.3. The van der Waals surface area contributed by atoms with E-state index < -0.39 is 24.1 Å². The van der Waals surface area contributed by atoms with Crippen molar-refractivity contribution in [2.24, 2.45) is 11.3 Å². The molecule has 9 heteroatoms. The molecule has 9 nitrogen and oxygen atoms in total. The van der Waals surface area contributed by atoms with E-state index in [0.717, 1.165) is 11.1 Å². The van der Waals surface area contributed by atoms with Gasteiger partial charge in [0.25, 0.3) is 5.91 Å². The molecule has 2 aromatic rings. The number of piperidine rings is 1. The van der Waals surface area contributed by atoms with Crippen molar-refractivity contribution in [1.82, 2.24) is 4.90 Å². The lowest BCUT2D eigenvalue weighted by molar-refractivity contribution is -0.148. The number of nitrogens with zero attached hydrogens (tertiary/aromatic N) is 2. The zero-order valence-electron chi connectivity index (χ0n) is 23.3. The third kappa shape index (κ3) is 6.36. The number of amides is 2. The molecule has 0 bridgehead atoms. The molecule has 2 aliphatic rings. The van der Waals surface area contributed by atoms with Crippen molar-refractivity contribution < 1.29 is 33.7 Å². The van der Waals surface area contributed by atoms with Gasteiger partial charge in [0.2, 0.25) is 5.91 Å². The number of carbonyl (C=O) groups is 3. The number of anilines is 1. The second-order valence-corrected chi connectivity index (χ2v) is 11.4. The van der Waals surface area contributed by atoms with Crippen molar-refractivity contribution in [3.8, 4) is 11.5 Å². The Morgan fingerprint density at radius 2 is 1.82 bits per heavy atom. The van der Waals surface area contributed by atoms with Gasteiger partial charge in [0.15, 0.2) is 0 Å². The van der Waals surface area contributed by atoms with Crippen LogP contribution < -0.4 is 14.4 Å². The van der Waals surface area contributed by atoms with Crippen molar-refractivity contribution in [1.29, 1.82) is 0 Å². The standard InChI is InChI=1S/C30H38N2O7/c1-30(2,3)18-32-23-13-12-20(37-4)15-22(23)27(21-10-6-7-11-24(21)38-5)39-25(28(32)34)16-26(33)31-14-8-9-19(17-31)29(35)36/h6-7,10-13,15,19,25,27H,8-9,14,16-18H2,1-5H3,(H,35,36)/t19?,25-,27-/m0/s1. The van der Waals surface area contributed by atoms with Crippen molar-refractivity contribution in [3.63, 3.8) is 0 Å². The fourth-order valence-electron chi connectivity index (χ4n) is 5.29. The largest absolute Gasteiger partial charge is 0.497 e. The smallest absolute Gasteiger partial charge is 0.308 e. The lowest BCUT2D eigenvalue weighted by atomic mass is 9.94. The predicted molar refractivity (Wildman–Crippen MR) is 146 cm³/mol. The molecule has 4 rings (SSSR count). The van der Waals surface area contributed by atoms with Crippen LogP contribution in [0.3, 0.4) is 0 Å². The van der Waals surface area contributed by atoms with Crippen LogP contribution in [-0.4, -0.2) is 67.7 Å². The number of methoxy groups -OCH3 is 2. The molecule has 3 atom stereocenters. The molecule has 39 heavy (non-hydrogen) atoms. The minimum absolute atomic E-state index is 0.133. The van der Waals surface area contributed by atoms with Gasteiger partial charge in [-0.1, -0.05) is 39.0 Å². The fraction of sp³-hybridized carbons (Fsp3) is 0.500. The zero-order valence-corrected chi connectivity index (χ0v) is 23.3. The number of likely N-dealkylation sites (tertiary alicyclic amines) is 1. The Morgan fingerprint density at radius 1 is 1.08 bits per heavy atom. The van der Waals surface area contributed by atoms with Crippen LogP contribution >= 0.6 is 0 Å². The zero-order chi connectivity index (χ0) is 28.3. The lowest BCUT2D eigenvalue weighted by Crippen LogP contribution is -2.47. The second kappa shape index (κ2) is 11.7. The molecule has 210 valence electrons. The van der Waals surface area contributed by atoms with Crippen molar-refractivity contribution >= 4 is 23.5 Å². The van der Waals surface area contributed by atoms with Crippen LogP contribution in [0.4, 0.5) is 5.69 Å². The summed E-state index contributed by atoms with van der Waals surface area (Å²) < 4.78 is 17.7. The molecule has 2 aromatic carbocycles. The van der Waals surface area contributed by atoms with E-state index in [1.807, 2.05) is 63.2 Å². The summed E-state index contributed by atoms with van der Waals surface area (Å²) >= 11 is 0. The Morgan fingerprint density at radius 3 is 2.49 bits per heavy atom. The normalized spacial score (nSPS) is 21.7. The number of ether oxygens (including phenoxy) is 3. The maximum atomic E-state index is 14.1. The number of rotatable bonds is 7. The minimum atomic E-state index is -1.08. The van der Waals surface area contributed by atoms with Gasteiger partial charge in [-0.3, -0.25) is 14.4 Å². The van der Waals surface area contributed by atoms with Gasteiger partial charge in [-0.05, 0) is 42.5 Å². The third-order valence-electron chi connectivity index (χ3n) is 7.19. The average molecular weight is 539 g/mol. The van der Waals surface area contributed by atoms with E-state index >= 15 is 0 Å². The summed E-state index contributed by atoms with van der Waals surface area (Å²) in [5.74, 6) is -0.914. The number of fused-ring (bicyclic) bond motifs is 1. The third-order valence-corrected chi connectivity index (χ3v) is 7.19. The lowest BCUT2D eigenvalue weighted by Gasteiger charge is -2.33. The molecule has 2 heterocycles. The topological polar surface area (TPSA) is 106 Å². The molecule has 1 unspecified atom stereocenters. The number of aliphatic carboxylic acids is 1. The Bertz CT molecular complexity index is 1220. The maximum absolute atomic E-state index is 14.1. The SMILES string of the molecule is COc1ccc2c(c1)[C@H](c1ccccc1OC)O[C@@H](CC(=O)N1CCCC(C(=O)O)C1)C(=O)N2CC(C)(C)C. The van der Waals surface area contributed by atoms with Gasteiger partial charge in [-0.25, -0.2) is 0 Å². The van der Waals surface area contributed by atoms with Gasteiger partial charge >= 0.3 is 5.97 Å². The summed E-state index contributed by atoms with van der Waals surface area (Å²) in [6, 6.07) is 13.0. The highest BCUT2D eigenvalue weighted by atomic mass is 16.5. The van der Waals surface area contributed by atoms with Crippen LogP contribution in [0.5, 0.6) is 11.5 Å². The Kier molecular flexibility index (Phi) is 8.49. The quantitative estimate of drug-likeness (QED) is 0.561. The van der Waals surface area contributed by atoms with E-state index in [4.69, 9.17) is 14.2 Å². The number of hydrogen-bond donors (Lipinski definition) is 1. The Hall–Kier alpha value is -3.59. The monoisotopic (exact) mass is 538 g/mol. The van der Waals surface area contributed by atoms with Gasteiger partial charge in [0.05, 0.1) is 32.2 Å². The molecule has 0 radical (unpaired) electrons. The molecule has 2 aliphatic heterocycles. The highest BCUT2D eigenvalue weighted by Crippen LogP contribution is 2.43. The highest BCUT2D eigenvalue weighted by Gasteiger charge is 2.41. The van der Waals surface area contributed by atoms with Gasteiger partial charge in [0, 0.05) is 30.8 Å². The second-order valence-electron chi connectivity index (χ2n) is 11.4. The van der Waals surface area contributed by atoms with Crippen LogP contribution in [-0.2, 0) is 19.1 Å². The maximum Gasteiger partial charge on any atom is 0.308 e. The van der Waals surface area contributed by atoms with Crippen molar-refractivity contribution in [3.05, 3.63) is 53.6 Å². The van der Waals surface area contributed by atoms with Crippen molar-refractivity contribution in [2.75, 3.05) is 38.8 Å². The van der Waals surface area contributed by atoms with Crippen LogP contribution in [0.1, 0.15) is 57.3 Å². The first-order chi connectivity index (χ1) is 18.5. The summed E-state index contributed by atoms with van der Waals surface area (Å²) in [7, 11) is 3.16. The van der Waals surface area contributed by atoms with E-state index in [1.165, 1.54) is 0 Å². The molecule has 0 aliphatic carbocycles. The molecule has 2 amide bonds. The van der Waals surface area contributed by atoms with Crippen molar-refractivity contribution in [2.45, 2.75) is 52.2 Å². The van der Waals surface area contributed by atoms with Crippen LogP contribution in [0, 0.1) is 11.3 Å². The predicted octanol–water partition coefficient (Wildman–Crippen LogP) is 4.28. The summed E-state index contributed by atoms with van der Waals surface area (Å²) in [5, 5.41) is 9.49. The molecule has 1 fully saturated rings. The minimum Gasteiger partial charge on any atom is -0.497 e. The van der Waals surface area contributed by atoms with E-state index in [2.05, 4.69) is 0 Å². The first kappa shape index (κ1) is 28.4. The molecule has 1 N–H and O–H groups in total. The summed E-state index contributed by atoms with van der Waals surface area (Å²) in [6.45, 7) is 7.14. The van der Waals surface area contributed by atoms with E-state index in [-0.39, 0.29) is 30.2 Å². The first-order valence-corrected chi connectivity index (χ1v) is 13.3. The van der Waals surface area contributed by atoms with Gasteiger partial charge in [-0.2, -0.15) is 0 Å². The summed E-state index contributed by atoms with van der Waals surface area (Å²) in [5.41, 5.74) is 1.90. The summed E-state index contributed by atoms with van der Waals surface area (Å²) in [6.07, 6.45) is -0.857. The molecule has 0 spiro atoms. The molecule has 0 aromatic heterocycles. The number of carbonyl (C=O) groups excluding carboxylic acids is 2. The fourth-order valence-corrected chi connectivity index (χ4v) is 5.29. The summed E-state index contributed by atoms with van der Waals surface area (Å²) in [4.78, 5) is 42.4. The number of carboxylic acids is 1. The van der Waals surface area contributed by atoms with E-state index in [9.17, 15) is 19.5 Å². The number of hydrogen-bond acceptors (Lipinski definition) is 6. The van der Waals surface area contributed by atoms with Gasteiger partial charge in [-0.15, -0.1) is 0 Å². The number of carboxylic acid groups (broad SMARTS) is 1. The Balaban J connectivity index is 1.78. The Labute approximate surface area is 229 Å². The molecular formula is C30H38N2O7. The van der Waals surface area contributed by atoms with E-state index in [0.29, 0.717) is 43.1 Å². The molecular weight excluding hydrogens is 500 g/mol. The number of benzene rings is 2. The highest BCUT2D eigenvalue weighted by molar-refractivity contribution is 6.00. The molecule has 1 saturated heterocycles. The van der Waals surface area contributed by atoms with Gasteiger partial charge in [0.1, 0.15) is 23.7 Å². The van der Waals surface area contributed by atoms with Crippen LogP contribution in [0.25, 0.3) is 0 Å². The van der Waals surface area contributed by atoms with Crippen LogP contribution in [0.2, 0.25) is 0 Å². The number of para-hydroxylation sites is 1. The molecule has 0 saturated carbocycles. The van der Waals surface area contributed by atoms with Crippen LogP contribution in [0.15, 0.2) is 42.5 Å². The average Bonchev–Trinajstić information content (AvgIpc) is 3.02. The van der Waals surface area contributed by atoms with E-state index in [1.54, 1.807) is 24.0 Å².